The summed E-state index contributed by atoms with van der Waals surface area (Å²) in [6.45, 7) is 8.84. The van der Waals surface area contributed by atoms with Gasteiger partial charge in [-0.25, -0.2) is 0 Å². The number of carbonyl (C=O) groups excluding carboxylic acids is 2. The topological polar surface area (TPSA) is 58.6 Å². The van der Waals surface area contributed by atoms with Crippen molar-refractivity contribution in [3.63, 3.8) is 0 Å². The Morgan fingerprint density at radius 3 is 2.41 bits per heavy atom. The lowest BCUT2D eigenvalue weighted by atomic mass is 10.0. The molecule has 0 spiro atoms. The van der Waals surface area contributed by atoms with Gasteiger partial charge in [0.05, 0.1) is 0 Å². The Morgan fingerprint density at radius 2 is 1.75 bits per heavy atom. The third kappa shape index (κ3) is 7.27. The normalized spacial score (nSPS) is 11.8. The Labute approximate surface area is 197 Å². The van der Waals surface area contributed by atoms with Gasteiger partial charge in [-0.2, -0.15) is 0 Å². The first kappa shape index (κ1) is 25.7. The van der Waals surface area contributed by atoms with Crippen LogP contribution < -0.4 is 10.1 Å². The first-order valence-corrected chi connectivity index (χ1v) is 11.8. The van der Waals surface area contributed by atoms with E-state index in [2.05, 4.69) is 26.1 Å². The summed E-state index contributed by atoms with van der Waals surface area (Å²) in [6, 6.07) is 14.5. The van der Waals surface area contributed by atoms with Gasteiger partial charge < -0.3 is 15.0 Å². The van der Waals surface area contributed by atoms with Crippen LogP contribution in [0.25, 0.3) is 0 Å². The Kier molecular flexibility index (Phi) is 10.5. The number of halogens is 1. The van der Waals surface area contributed by atoms with E-state index in [4.69, 9.17) is 16.3 Å². The molecule has 5 nitrogen and oxygen atoms in total. The highest BCUT2D eigenvalue weighted by Gasteiger charge is 2.29. The van der Waals surface area contributed by atoms with Crippen molar-refractivity contribution in [3.8, 4) is 5.75 Å². The van der Waals surface area contributed by atoms with Gasteiger partial charge in [0.25, 0.3) is 5.91 Å². The van der Waals surface area contributed by atoms with Gasteiger partial charge in [-0.15, -0.1) is 0 Å². The van der Waals surface area contributed by atoms with E-state index in [0.29, 0.717) is 23.7 Å². The minimum atomic E-state index is -0.598. The predicted molar refractivity (Wildman–Crippen MR) is 130 cm³/mol. The van der Waals surface area contributed by atoms with E-state index in [1.54, 1.807) is 11.0 Å². The van der Waals surface area contributed by atoms with E-state index in [1.165, 1.54) is 0 Å². The lowest BCUT2D eigenvalue weighted by Crippen LogP contribution is -2.50. The quantitative estimate of drug-likeness (QED) is 0.423. The summed E-state index contributed by atoms with van der Waals surface area (Å²) in [6.07, 6.45) is 2.38. The standard InChI is InChI=1S/C26H35ClN2O3/c1-5-7-16-28-26(31)23(6-2)29(17-20-12-8-10-14-22(20)27)25(30)18-32-24-15-11-9-13-21(24)19(3)4/h8-15,19,23H,5-7,16-18H2,1-4H3,(H,28,31). The molecule has 0 bridgehead atoms. The fraction of sp³-hybridized carbons (Fsp3) is 0.462. The van der Waals surface area contributed by atoms with Crippen LogP contribution >= 0.6 is 11.6 Å². The lowest BCUT2D eigenvalue weighted by molar-refractivity contribution is -0.143. The highest BCUT2D eigenvalue weighted by Crippen LogP contribution is 2.26. The van der Waals surface area contributed by atoms with E-state index in [0.717, 1.165) is 24.0 Å². The molecule has 2 rings (SSSR count). The fourth-order valence-electron chi connectivity index (χ4n) is 3.55. The number of hydrogen-bond acceptors (Lipinski definition) is 3. The Morgan fingerprint density at radius 1 is 1.06 bits per heavy atom. The van der Waals surface area contributed by atoms with Crippen LogP contribution in [-0.2, 0) is 16.1 Å². The van der Waals surface area contributed by atoms with Gasteiger partial charge in [0.1, 0.15) is 11.8 Å². The molecule has 1 N–H and O–H groups in total. The molecule has 2 aromatic carbocycles. The van der Waals surface area contributed by atoms with Gasteiger partial charge >= 0.3 is 0 Å². The van der Waals surface area contributed by atoms with Crippen molar-refractivity contribution in [1.29, 1.82) is 0 Å². The largest absolute Gasteiger partial charge is 0.483 e. The smallest absolute Gasteiger partial charge is 0.261 e. The van der Waals surface area contributed by atoms with Gasteiger partial charge in [-0.1, -0.05) is 82.1 Å². The van der Waals surface area contributed by atoms with E-state index in [-0.39, 0.29) is 30.9 Å². The van der Waals surface area contributed by atoms with Crippen LogP contribution in [-0.4, -0.2) is 35.9 Å². The SMILES string of the molecule is CCCCNC(=O)C(CC)N(Cc1ccccc1Cl)C(=O)COc1ccccc1C(C)C. The monoisotopic (exact) mass is 458 g/mol. The number of nitrogens with zero attached hydrogens (tertiary/aromatic N) is 1. The third-order valence-electron chi connectivity index (χ3n) is 5.41. The van der Waals surface area contributed by atoms with Crippen LogP contribution in [0.5, 0.6) is 5.75 Å². The molecular formula is C26H35ClN2O3. The molecule has 1 atom stereocenters. The maximum Gasteiger partial charge on any atom is 0.261 e. The number of hydrogen-bond donors (Lipinski definition) is 1. The second-order valence-electron chi connectivity index (χ2n) is 8.16. The zero-order valence-electron chi connectivity index (χ0n) is 19.6. The average molecular weight is 459 g/mol. The minimum Gasteiger partial charge on any atom is -0.483 e. The van der Waals surface area contributed by atoms with Crippen LogP contribution in [0.4, 0.5) is 0 Å². The lowest BCUT2D eigenvalue weighted by Gasteiger charge is -2.31. The molecule has 0 saturated carbocycles. The Balaban J connectivity index is 2.23. The number of ether oxygens (including phenoxy) is 1. The molecule has 1 unspecified atom stereocenters. The first-order chi connectivity index (χ1) is 15.4. The number of para-hydroxylation sites is 1. The van der Waals surface area contributed by atoms with E-state index in [9.17, 15) is 9.59 Å². The summed E-state index contributed by atoms with van der Waals surface area (Å²) in [7, 11) is 0. The van der Waals surface area contributed by atoms with Crippen molar-refractivity contribution in [3.05, 3.63) is 64.7 Å². The summed E-state index contributed by atoms with van der Waals surface area (Å²) in [4.78, 5) is 27.8. The molecule has 32 heavy (non-hydrogen) atoms. The molecular weight excluding hydrogens is 424 g/mol. The van der Waals surface area contributed by atoms with Gasteiger partial charge in [0, 0.05) is 18.1 Å². The fourth-order valence-corrected chi connectivity index (χ4v) is 3.74. The zero-order chi connectivity index (χ0) is 23.5. The number of nitrogens with one attached hydrogen (secondary N) is 1. The molecule has 0 aliphatic heterocycles. The number of amides is 2. The second-order valence-corrected chi connectivity index (χ2v) is 8.57. The molecule has 174 valence electrons. The second kappa shape index (κ2) is 13.1. The summed E-state index contributed by atoms with van der Waals surface area (Å²) < 4.78 is 5.93. The first-order valence-electron chi connectivity index (χ1n) is 11.4. The molecule has 6 heteroatoms. The highest BCUT2D eigenvalue weighted by atomic mass is 35.5. The number of unbranched alkanes of at least 4 members (excludes halogenated alkanes) is 1. The molecule has 0 aliphatic carbocycles. The van der Waals surface area contributed by atoms with Crippen molar-refractivity contribution in [2.75, 3.05) is 13.2 Å². The maximum absolute atomic E-state index is 13.3. The summed E-state index contributed by atoms with van der Waals surface area (Å²) in [5.74, 6) is 0.562. The van der Waals surface area contributed by atoms with Crippen LogP contribution in [0.3, 0.4) is 0 Å². The number of benzene rings is 2. The van der Waals surface area contributed by atoms with E-state index < -0.39 is 6.04 Å². The summed E-state index contributed by atoms with van der Waals surface area (Å²) >= 11 is 6.36. The highest BCUT2D eigenvalue weighted by molar-refractivity contribution is 6.31. The minimum absolute atomic E-state index is 0.146. The molecule has 0 heterocycles. The number of carbonyl (C=O) groups is 2. The third-order valence-corrected chi connectivity index (χ3v) is 5.77. The van der Waals surface area contributed by atoms with Crippen molar-refractivity contribution in [2.45, 2.75) is 65.5 Å². The van der Waals surface area contributed by atoms with E-state index in [1.807, 2.05) is 49.4 Å². The van der Waals surface area contributed by atoms with Crippen molar-refractivity contribution < 1.29 is 14.3 Å². The van der Waals surface area contributed by atoms with Gasteiger partial charge in [-0.05, 0) is 42.0 Å². The van der Waals surface area contributed by atoms with Crippen molar-refractivity contribution >= 4 is 23.4 Å². The molecule has 2 aromatic rings. The Hall–Kier alpha value is -2.53. The summed E-state index contributed by atoms with van der Waals surface area (Å²) in [5.41, 5.74) is 1.84. The van der Waals surface area contributed by atoms with Gasteiger partial charge in [-0.3, -0.25) is 9.59 Å². The molecule has 0 aromatic heterocycles. The molecule has 0 radical (unpaired) electrons. The van der Waals surface area contributed by atoms with Crippen LogP contribution in [0, 0.1) is 0 Å². The van der Waals surface area contributed by atoms with Crippen molar-refractivity contribution in [2.24, 2.45) is 0 Å². The molecule has 0 fully saturated rings. The van der Waals surface area contributed by atoms with Gasteiger partial charge in [0.15, 0.2) is 6.61 Å². The van der Waals surface area contributed by atoms with Crippen molar-refractivity contribution in [1.82, 2.24) is 10.2 Å². The molecule has 2 amide bonds. The van der Waals surface area contributed by atoms with Crippen LogP contribution in [0.1, 0.15) is 64.0 Å². The van der Waals surface area contributed by atoms with E-state index >= 15 is 0 Å². The van der Waals surface area contributed by atoms with Crippen LogP contribution in [0.2, 0.25) is 5.02 Å². The Bertz CT molecular complexity index is 885. The maximum atomic E-state index is 13.3. The zero-order valence-corrected chi connectivity index (χ0v) is 20.3. The molecule has 0 aliphatic rings. The summed E-state index contributed by atoms with van der Waals surface area (Å²) in [5, 5.41) is 3.53. The average Bonchev–Trinajstić information content (AvgIpc) is 2.78. The van der Waals surface area contributed by atoms with Crippen LogP contribution in [0.15, 0.2) is 48.5 Å². The van der Waals surface area contributed by atoms with Gasteiger partial charge in [0.2, 0.25) is 5.91 Å². The predicted octanol–water partition coefficient (Wildman–Crippen LogP) is 5.57. The number of rotatable bonds is 12. The molecule has 0 saturated heterocycles.